The van der Waals surface area contributed by atoms with Crippen LogP contribution in [-0.4, -0.2) is 50.3 Å². The van der Waals surface area contributed by atoms with Crippen molar-refractivity contribution in [2.75, 3.05) is 0 Å². The molecular weight excluding hydrogens is 750 g/mol. The summed E-state index contributed by atoms with van der Waals surface area (Å²) in [6, 6.07) is 0. The van der Waals surface area contributed by atoms with Gasteiger partial charge in [0.2, 0.25) is 0 Å². The van der Waals surface area contributed by atoms with E-state index in [-0.39, 0.29) is 11.9 Å². The van der Waals surface area contributed by atoms with Crippen LogP contribution in [0.2, 0.25) is 17.7 Å². The maximum atomic E-state index is 12.6. The van der Waals surface area contributed by atoms with E-state index in [9.17, 15) is 9.59 Å². The third-order valence-corrected chi connectivity index (χ3v) is 42.1. The van der Waals surface area contributed by atoms with Gasteiger partial charge in [-0.25, -0.2) is 0 Å². The van der Waals surface area contributed by atoms with Crippen molar-refractivity contribution >= 4 is 50.3 Å². The molecule has 0 aliphatic rings. The van der Waals surface area contributed by atoms with Gasteiger partial charge in [0.15, 0.2) is 0 Å². The van der Waals surface area contributed by atoms with E-state index in [1.807, 2.05) is 0 Å². The molecular formula is C36H74O5Sn2. The fraction of sp³-hybridized carbons (Fsp3) is 0.944. The van der Waals surface area contributed by atoms with Gasteiger partial charge in [-0.05, 0) is 0 Å². The van der Waals surface area contributed by atoms with Crippen LogP contribution in [0.1, 0.15) is 196 Å². The molecule has 0 bridgehead atoms. The number of unbranched alkanes of at least 4 members (excludes halogenated alkanes) is 20. The van der Waals surface area contributed by atoms with E-state index in [1.165, 1.54) is 168 Å². The summed E-state index contributed by atoms with van der Waals surface area (Å²) < 4.78 is 24.0. The molecule has 0 saturated carbocycles. The molecule has 5 nitrogen and oxygen atoms in total. The van der Waals surface area contributed by atoms with Gasteiger partial charge in [-0.1, -0.05) is 0 Å². The molecule has 0 N–H and O–H groups in total. The van der Waals surface area contributed by atoms with Gasteiger partial charge in [-0.15, -0.1) is 0 Å². The fourth-order valence-electron chi connectivity index (χ4n) is 6.32. The first-order valence-electron chi connectivity index (χ1n) is 18.9. The first kappa shape index (κ1) is 43.5. The molecule has 0 spiro atoms. The molecule has 0 aromatic heterocycles. The number of hydrogen-bond acceptors (Lipinski definition) is 5. The van der Waals surface area contributed by atoms with Crippen molar-refractivity contribution in [2.24, 2.45) is 0 Å². The standard InChI is InChI=1S/4C8H17.2C2H4O2.O.2Sn/c4*1-3-5-7-8-6-4-2;2*1-2(3)4;;;/h4*1,3-8H2,2H3;2*1H3,(H,3,4);;;/q;;;;;;;;+2/p-2. The van der Waals surface area contributed by atoms with Crippen LogP contribution >= 0.6 is 0 Å². The number of carbonyl (C=O) groups is 2. The number of hydrogen-bond donors (Lipinski definition) is 0. The summed E-state index contributed by atoms with van der Waals surface area (Å²) in [5.41, 5.74) is 0. The van der Waals surface area contributed by atoms with Crippen LogP contribution in [-0.2, 0) is 17.1 Å². The van der Waals surface area contributed by atoms with Crippen molar-refractivity contribution in [1.82, 2.24) is 0 Å². The molecule has 0 aromatic rings. The summed E-state index contributed by atoms with van der Waals surface area (Å²) >= 11 is -7.77. The predicted octanol–water partition coefficient (Wildman–Crippen LogP) is 12.5. The molecule has 0 fully saturated rings. The fourth-order valence-corrected chi connectivity index (χ4v) is 46.6. The summed E-state index contributed by atoms with van der Waals surface area (Å²) in [4.78, 5) is 25.1. The Kier molecular flexibility index (Phi) is 30.2. The second-order valence-electron chi connectivity index (χ2n) is 13.2. The van der Waals surface area contributed by atoms with E-state index in [4.69, 9.17) is 7.56 Å². The molecule has 0 amide bonds. The van der Waals surface area contributed by atoms with Gasteiger partial charge >= 0.3 is 281 Å². The van der Waals surface area contributed by atoms with Crippen LogP contribution in [0.15, 0.2) is 0 Å². The minimum atomic E-state index is -4.46. The van der Waals surface area contributed by atoms with E-state index >= 15 is 0 Å². The molecule has 7 heteroatoms. The third-order valence-electron chi connectivity index (χ3n) is 8.76. The molecule has 0 saturated heterocycles. The van der Waals surface area contributed by atoms with Crippen LogP contribution in [0.3, 0.4) is 0 Å². The second kappa shape index (κ2) is 29.9. The third kappa shape index (κ3) is 25.3. The molecule has 0 unspecified atom stereocenters. The van der Waals surface area contributed by atoms with Crippen molar-refractivity contribution in [2.45, 2.75) is 213 Å². The van der Waals surface area contributed by atoms with Gasteiger partial charge in [0, 0.05) is 0 Å². The quantitative estimate of drug-likeness (QED) is 0.0499. The van der Waals surface area contributed by atoms with Gasteiger partial charge in [0.05, 0.1) is 0 Å². The van der Waals surface area contributed by atoms with Crippen molar-refractivity contribution in [3.05, 3.63) is 0 Å². The summed E-state index contributed by atoms with van der Waals surface area (Å²) in [7, 11) is 0. The van der Waals surface area contributed by atoms with Gasteiger partial charge in [0.25, 0.3) is 0 Å². The maximum absolute atomic E-state index is 12.6. The number of carbonyl (C=O) groups excluding carboxylic acids is 2. The van der Waals surface area contributed by atoms with Crippen molar-refractivity contribution in [3.63, 3.8) is 0 Å². The number of rotatable bonds is 32. The van der Waals surface area contributed by atoms with Crippen LogP contribution < -0.4 is 0 Å². The normalized spacial score (nSPS) is 12.0. The summed E-state index contributed by atoms with van der Waals surface area (Å²) in [6.07, 6.45) is 29.9. The van der Waals surface area contributed by atoms with Gasteiger partial charge in [0.1, 0.15) is 0 Å². The van der Waals surface area contributed by atoms with Crippen LogP contribution in [0.25, 0.3) is 0 Å². The van der Waals surface area contributed by atoms with E-state index in [0.29, 0.717) is 4.44 Å². The molecule has 0 rings (SSSR count). The average Bonchev–Trinajstić information content (AvgIpc) is 2.95. The molecule has 0 heterocycles. The van der Waals surface area contributed by atoms with Gasteiger partial charge in [-0.2, -0.15) is 0 Å². The Bertz CT molecular complexity index is 601. The Balaban J connectivity index is 6.05. The summed E-state index contributed by atoms with van der Waals surface area (Å²) in [5.74, 6) is -0.663. The first-order valence-corrected chi connectivity index (χ1v) is 31.6. The van der Waals surface area contributed by atoms with Gasteiger partial charge < -0.3 is 0 Å². The van der Waals surface area contributed by atoms with E-state index < -0.39 is 38.4 Å². The molecule has 256 valence electrons. The predicted molar refractivity (Wildman–Crippen MR) is 189 cm³/mol. The molecule has 43 heavy (non-hydrogen) atoms. The minimum absolute atomic E-state index is 0.332. The molecule has 0 radical (unpaired) electrons. The van der Waals surface area contributed by atoms with Crippen LogP contribution in [0, 0.1) is 0 Å². The van der Waals surface area contributed by atoms with E-state index in [2.05, 4.69) is 27.7 Å². The van der Waals surface area contributed by atoms with E-state index in [1.54, 1.807) is 0 Å². The topological polar surface area (TPSA) is 61.8 Å². The summed E-state index contributed by atoms with van der Waals surface area (Å²) in [6.45, 7) is 12.0. The van der Waals surface area contributed by atoms with Crippen LogP contribution in [0.5, 0.6) is 0 Å². The SMILES string of the molecule is CCCCCCC[CH2][Sn]([CH2]CCCCCCC)([CH2]CCCCCCC)[O][Sn]([CH2]CCCCCCC)([O]C(C)=O)[O]C(C)=O. The van der Waals surface area contributed by atoms with Crippen molar-refractivity contribution in [1.29, 1.82) is 0 Å². The zero-order chi connectivity index (χ0) is 32.1. The molecule has 0 aliphatic heterocycles. The Morgan fingerprint density at radius 2 is 0.651 bits per heavy atom. The van der Waals surface area contributed by atoms with E-state index in [0.717, 1.165) is 12.8 Å². The summed E-state index contributed by atoms with van der Waals surface area (Å²) in [5, 5.41) is 0. The Labute approximate surface area is 279 Å². The average molecular weight is 824 g/mol. The zero-order valence-electron chi connectivity index (χ0n) is 29.8. The molecule has 0 aliphatic carbocycles. The Hall–Kier alpha value is 0.497. The monoisotopic (exact) mass is 826 g/mol. The van der Waals surface area contributed by atoms with Crippen molar-refractivity contribution in [3.8, 4) is 0 Å². The van der Waals surface area contributed by atoms with Crippen LogP contribution in [0.4, 0.5) is 0 Å². The molecule has 0 atom stereocenters. The zero-order valence-corrected chi connectivity index (χ0v) is 35.5. The molecule has 0 aromatic carbocycles. The first-order chi connectivity index (χ1) is 20.8. The van der Waals surface area contributed by atoms with Gasteiger partial charge in [-0.3, -0.25) is 0 Å². The Morgan fingerprint density at radius 1 is 0.395 bits per heavy atom. The van der Waals surface area contributed by atoms with Crippen molar-refractivity contribution < 1.29 is 17.1 Å². The Morgan fingerprint density at radius 3 is 0.930 bits per heavy atom. The second-order valence-corrected chi connectivity index (χ2v) is 35.2.